The Hall–Kier alpha value is -3.77. The Bertz CT molecular complexity index is 1330. The predicted molar refractivity (Wildman–Crippen MR) is 130 cm³/mol. The molecular weight excluding hydrogens is 475 g/mol. The van der Waals surface area contributed by atoms with Crippen LogP contribution in [0.4, 0.5) is 4.39 Å². The van der Waals surface area contributed by atoms with Crippen molar-refractivity contribution in [2.24, 2.45) is 0 Å². The summed E-state index contributed by atoms with van der Waals surface area (Å²) in [5.74, 6) is -0.427. The molecule has 0 spiro atoms. The fraction of sp³-hybridized carbons (Fsp3) is 0.429. The number of benzene rings is 2. The highest BCUT2D eigenvalue weighted by atomic mass is 19.1. The van der Waals surface area contributed by atoms with Crippen molar-refractivity contribution in [3.63, 3.8) is 0 Å². The highest BCUT2D eigenvalue weighted by molar-refractivity contribution is 6.05. The molecule has 1 N–H and O–H groups in total. The predicted octanol–water partition coefficient (Wildman–Crippen LogP) is 2.86. The van der Waals surface area contributed by atoms with Crippen molar-refractivity contribution in [3.8, 4) is 11.8 Å². The monoisotopic (exact) mass is 502 g/mol. The number of carbonyl (C=O) groups is 3. The van der Waals surface area contributed by atoms with Crippen LogP contribution in [0.15, 0.2) is 36.4 Å². The van der Waals surface area contributed by atoms with Gasteiger partial charge < -0.3 is 9.64 Å². The summed E-state index contributed by atoms with van der Waals surface area (Å²) in [5.41, 5.74) is 2.39. The molecule has 3 aliphatic heterocycles. The highest BCUT2D eigenvalue weighted by Crippen LogP contribution is 2.37. The minimum atomic E-state index is -0.634. The molecule has 3 fully saturated rings. The van der Waals surface area contributed by atoms with E-state index in [2.05, 4.69) is 10.2 Å². The van der Waals surface area contributed by atoms with Crippen LogP contribution in [0.2, 0.25) is 0 Å². The number of ether oxygens (including phenoxy) is 1. The molecule has 6 rings (SSSR count). The summed E-state index contributed by atoms with van der Waals surface area (Å²) in [6, 6.07) is 11.9. The van der Waals surface area contributed by atoms with Gasteiger partial charge in [0.2, 0.25) is 11.8 Å². The molecule has 3 heterocycles. The van der Waals surface area contributed by atoms with Gasteiger partial charge in [-0.2, -0.15) is 5.26 Å². The number of amides is 3. The maximum atomic E-state index is 14.0. The lowest BCUT2D eigenvalue weighted by Crippen LogP contribution is -2.54. The number of imide groups is 1. The van der Waals surface area contributed by atoms with Crippen LogP contribution in [0.1, 0.15) is 65.1 Å². The summed E-state index contributed by atoms with van der Waals surface area (Å²) in [4.78, 5) is 40.7. The minimum absolute atomic E-state index is 0.0278. The second-order valence-corrected chi connectivity index (χ2v) is 10.4. The van der Waals surface area contributed by atoms with Crippen molar-refractivity contribution < 1.29 is 23.5 Å². The fourth-order valence-corrected chi connectivity index (χ4v) is 6.13. The van der Waals surface area contributed by atoms with Crippen molar-refractivity contribution in [2.45, 2.75) is 62.8 Å². The number of nitrogens with one attached hydrogen (secondary N) is 1. The standard InChI is InChI=1S/C28H27FN4O4/c29-22-11-16(4-5-17(22)12-30)19-13-32(14-19)23-2-1-3-25(23)37-20-6-7-21-18(10-20)15-33(28(21)36)24-8-9-26(34)31-27(24)35/h4-7,10-11,19,23-25H,1-3,8-9,13-15H2,(H,31,34,35)/t23-,24?,25-/m0/s1. The zero-order valence-corrected chi connectivity index (χ0v) is 20.3. The van der Waals surface area contributed by atoms with Gasteiger partial charge >= 0.3 is 0 Å². The highest BCUT2D eigenvalue weighted by Gasteiger charge is 2.42. The van der Waals surface area contributed by atoms with Gasteiger partial charge in [0, 0.05) is 43.6 Å². The van der Waals surface area contributed by atoms with Gasteiger partial charge in [-0.15, -0.1) is 0 Å². The number of fused-ring (bicyclic) bond motifs is 1. The molecule has 2 aromatic carbocycles. The summed E-state index contributed by atoms with van der Waals surface area (Å²) in [5, 5.41) is 11.3. The van der Waals surface area contributed by atoms with E-state index in [-0.39, 0.29) is 41.9 Å². The number of likely N-dealkylation sites (tertiary alicyclic amines) is 1. The molecule has 0 aromatic heterocycles. The molecule has 2 aromatic rings. The number of halogens is 1. The first-order valence-corrected chi connectivity index (χ1v) is 12.8. The van der Waals surface area contributed by atoms with Crippen molar-refractivity contribution in [3.05, 3.63) is 64.5 Å². The van der Waals surface area contributed by atoms with Crippen LogP contribution in [0.5, 0.6) is 5.75 Å². The van der Waals surface area contributed by atoms with E-state index in [1.165, 1.54) is 6.07 Å². The van der Waals surface area contributed by atoms with Gasteiger partial charge in [0.15, 0.2) is 0 Å². The average molecular weight is 503 g/mol. The van der Waals surface area contributed by atoms with Crippen LogP contribution in [0.3, 0.4) is 0 Å². The molecule has 1 aliphatic carbocycles. The smallest absolute Gasteiger partial charge is 0.255 e. The number of piperidine rings is 1. The lowest BCUT2D eigenvalue weighted by Gasteiger charge is -2.45. The zero-order chi connectivity index (χ0) is 25.7. The van der Waals surface area contributed by atoms with Crippen molar-refractivity contribution in [1.82, 2.24) is 15.1 Å². The van der Waals surface area contributed by atoms with Gasteiger partial charge in [-0.25, -0.2) is 4.39 Å². The van der Waals surface area contributed by atoms with Crippen molar-refractivity contribution in [2.75, 3.05) is 13.1 Å². The quantitative estimate of drug-likeness (QED) is 0.631. The first kappa shape index (κ1) is 23.6. The lowest BCUT2D eigenvalue weighted by atomic mass is 9.88. The summed E-state index contributed by atoms with van der Waals surface area (Å²) >= 11 is 0. The molecule has 2 saturated heterocycles. The number of nitrogens with zero attached hydrogens (tertiary/aromatic N) is 3. The van der Waals surface area contributed by atoms with Crippen LogP contribution in [0, 0.1) is 17.1 Å². The summed E-state index contributed by atoms with van der Waals surface area (Å²) in [6.07, 6.45) is 3.63. The van der Waals surface area contributed by atoms with Crippen molar-refractivity contribution in [1.29, 1.82) is 5.26 Å². The second-order valence-electron chi connectivity index (χ2n) is 10.4. The van der Waals surface area contributed by atoms with Gasteiger partial charge in [-0.05, 0) is 67.1 Å². The molecule has 190 valence electrons. The van der Waals surface area contributed by atoms with Gasteiger partial charge in [0.05, 0.1) is 5.56 Å². The van der Waals surface area contributed by atoms with Crippen LogP contribution in [-0.4, -0.2) is 58.8 Å². The van der Waals surface area contributed by atoms with E-state index in [0.29, 0.717) is 24.3 Å². The van der Waals surface area contributed by atoms with Crippen LogP contribution >= 0.6 is 0 Å². The molecule has 3 amide bonds. The van der Waals surface area contributed by atoms with Gasteiger partial charge in [0.1, 0.15) is 29.8 Å². The zero-order valence-electron chi connectivity index (χ0n) is 20.3. The normalized spacial score (nSPS) is 26.0. The van der Waals surface area contributed by atoms with E-state index in [0.717, 1.165) is 43.5 Å². The molecule has 0 radical (unpaired) electrons. The van der Waals surface area contributed by atoms with E-state index in [9.17, 15) is 18.8 Å². The molecule has 1 saturated carbocycles. The van der Waals surface area contributed by atoms with E-state index >= 15 is 0 Å². The Morgan fingerprint density at radius 2 is 1.89 bits per heavy atom. The Labute approximate surface area is 214 Å². The summed E-state index contributed by atoms with van der Waals surface area (Å²) < 4.78 is 20.5. The van der Waals surface area contributed by atoms with E-state index in [1.54, 1.807) is 17.0 Å². The molecule has 3 atom stereocenters. The third kappa shape index (κ3) is 4.25. The Kier molecular flexibility index (Phi) is 5.92. The van der Waals surface area contributed by atoms with Crippen molar-refractivity contribution >= 4 is 17.7 Å². The molecule has 4 aliphatic rings. The Morgan fingerprint density at radius 3 is 2.65 bits per heavy atom. The van der Waals surface area contributed by atoms with Gasteiger partial charge in [-0.1, -0.05) is 6.07 Å². The maximum Gasteiger partial charge on any atom is 0.255 e. The first-order chi connectivity index (χ1) is 17.9. The fourth-order valence-electron chi connectivity index (χ4n) is 6.13. The number of hydrogen-bond donors (Lipinski definition) is 1. The molecule has 37 heavy (non-hydrogen) atoms. The van der Waals surface area contributed by atoms with Gasteiger partial charge in [0.25, 0.3) is 5.91 Å². The summed E-state index contributed by atoms with van der Waals surface area (Å²) in [7, 11) is 0. The molecular formula is C28H27FN4O4. The third-order valence-corrected chi connectivity index (χ3v) is 8.16. The number of hydrogen-bond acceptors (Lipinski definition) is 6. The SMILES string of the molecule is N#Cc1ccc(C2CN([C@H]3CCC[C@@H]3Oc3ccc4c(c3)CN(C3CCC(=O)NC3=O)C4=O)C2)cc1F. The largest absolute Gasteiger partial charge is 0.489 e. The van der Waals surface area contributed by atoms with E-state index in [4.69, 9.17) is 10.00 Å². The summed E-state index contributed by atoms with van der Waals surface area (Å²) in [6.45, 7) is 1.98. The van der Waals surface area contributed by atoms with E-state index in [1.807, 2.05) is 24.3 Å². The molecule has 9 heteroatoms. The lowest BCUT2D eigenvalue weighted by molar-refractivity contribution is -0.136. The maximum absolute atomic E-state index is 14.0. The minimum Gasteiger partial charge on any atom is -0.489 e. The third-order valence-electron chi connectivity index (χ3n) is 8.16. The first-order valence-electron chi connectivity index (χ1n) is 12.8. The van der Waals surface area contributed by atoms with Crippen LogP contribution < -0.4 is 10.1 Å². The molecule has 0 bridgehead atoms. The topological polar surface area (TPSA) is 103 Å². The Morgan fingerprint density at radius 1 is 1.05 bits per heavy atom. The van der Waals surface area contributed by atoms with E-state index < -0.39 is 17.8 Å². The van der Waals surface area contributed by atoms with Gasteiger partial charge in [-0.3, -0.25) is 24.6 Å². The molecule has 1 unspecified atom stereocenters. The number of rotatable bonds is 5. The Balaban J connectivity index is 1.09. The van der Waals surface area contributed by atoms with Crippen LogP contribution in [0.25, 0.3) is 0 Å². The average Bonchev–Trinajstić information content (AvgIpc) is 3.42. The number of carbonyl (C=O) groups excluding carboxylic acids is 3. The number of nitriles is 1. The molecule has 8 nitrogen and oxygen atoms in total. The van der Waals surface area contributed by atoms with Crippen LogP contribution in [-0.2, 0) is 16.1 Å². The second kappa shape index (κ2) is 9.27.